The van der Waals surface area contributed by atoms with Crippen molar-refractivity contribution in [3.8, 4) is 0 Å². The number of nitrogens with zero attached hydrogens (tertiary/aromatic N) is 2. The molecule has 2 aromatic rings. The fraction of sp³-hybridized carbons (Fsp3) is 0.125. The number of thioether (sulfide) groups is 1. The molecular formula is C16H11Cl2N3O3S2. The second kappa shape index (κ2) is 6.45. The number of amidine groups is 1. The summed E-state index contributed by atoms with van der Waals surface area (Å²) < 4.78 is 27.1. The summed E-state index contributed by atoms with van der Waals surface area (Å²) in [6, 6.07) is 9.99. The normalized spacial score (nSPS) is 17.3. The summed E-state index contributed by atoms with van der Waals surface area (Å²) in [7, 11) is -3.41. The molecule has 0 saturated carbocycles. The van der Waals surface area contributed by atoms with Gasteiger partial charge in [-0.3, -0.25) is 4.79 Å². The van der Waals surface area contributed by atoms with Crippen LogP contribution in [0.4, 0.5) is 11.4 Å². The Morgan fingerprint density at radius 2 is 1.88 bits per heavy atom. The molecule has 0 unspecified atom stereocenters. The molecule has 2 aromatic carbocycles. The molecule has 2 aliphatic heterocycles. The standard InChI is InChI=1S/C16H11Cl2N3O3S2/c17-10-6-11(18)8-12(7-10)19-15(22)9-1-2-13-14(5-9)25-16-20-26(23,24)4-3-21(13)16/h1-2,5-8H,3-4H2,(H,19,22). The number of sulfonamides is 1. The summed E-state index contributed by atoms with van der Waals surface area (Å²) in [5, 5.41) is 4.02. The number of halogens is 2. The smallest absolute Gasteiger partial charge is 0.257 e. The molecule has 134 valence electrons. The number of nitrogens with one attached hydrogen (secondary N) is 1. The van der Waals surface area contributed by atoms with Crippen LogP contribution in [0.15, 0.2) is 45.7 Å². The maximum atomic E-state index is 12.5. The first-order valence-corrected chi connectivity index (χ1v) is 10.7. The van der Waals surface area contributed by atoms with E-state index in [1.165, 1.54) is 11.8 Å². The zero-order chi connectivity index (χ0) is 18.5. The third-order valence-electron chi connectivity index (χ3n) is 3.86. The van der Waals surface area contributed by atoms with Crippen LogP contribution in [0.1, 0.15) is 10.4 Å². The van der Waals surface area contributed by atoms with Crippen LogP contribution in [0.2, 0.25) is 10.0 Å². The molecule has 0 aliphatic carbocycles. The number of rotatable bonds is 2. The van der Waals surface area contributed by atoms with Gasteiger partial charge in [0.25, 0.3) is 15.9 Å². The average Bonchev–Trinajstić information content (AvgIpc) is 2.88. The van der Waals surface area contributed by atoms with E-state index >= 15 is 0 Å². The summed E-state index contributed by atoms with van der Waals surface area (Å²) >= 11 is 13.1. The van der Waals surface area contributed by atoms with Gasteiger partial charge in [-0.1, -0.05) is 23.2 Å². The third kappa shape index (κ3) is 3.42. The highest BCUT2D eigenvalue weighted by atomic mass is 35.5. The minimum Gasteiger partial charge on any atom is -0.322 e. The van der Waals surface area contributed by atoms with Gasteiger partial charge in [0.15, 0.2) is 5.17 Å². The van der Waals surface area contributed by atoms with Gasteiger partial charge in [0.2, 0.25) is 0 Å². The van der Waals surface area contributed by atoms with E-state index in [0.717, 1.165) is 10.6 Å². The van der Waals surface area contributed by atoms with Crippen molar-refractivity contribution in [3.63, 3.8) is 0 Å². The Morgan fingerprint density at radius 1 is 1.15 bits per heavy atom. The summed E-state index contributed by atoms with van der Waals surface area (Å²) in [4.78, 5) is 15.1. The molecule has 0 atom stereocenters. The lowest BCUT2D eigenvalue weighted by Gasteiger charge is -2.22. The quantitative estimate of drug-likeness (QED) is 0.786. The molecule has 2 heterocycles. The van der Waals surface area contributed by atoms with Gasteiger partial charge in [0.1, 0.15) is 0 Å². The van der Waals surface area contributed by atoms with Gasteiger partial charge in [-0.2, -0.15) is 0 Å². The number of carbonyl (C=O) groups is 1. The van der Waals surface area contributed by atoms with E-state index in [9.17, 15) is 13.2 Å². The van der Waals surface area contributed by atoms with Crippen molar-refractivity contribution in [2.45, 2.75) is 4.90 Å². The first kappa shape index (κ1) is 17.7. The van der Waals surface area contributed by atoms with Crippen LogP contribution < -0.4 is 10.2 Å². The van der Waals surface area contributed by atoms with Gasteiger partial charge in [-0.15, -0.1) is 4.40 Å². The van der Waals surface area contributed by atoms with E-state index in [1.807, 2.05) is 4.90 Å². The van der Waals surface area contributed by atoms with E-state index in [-0.39, 0.29) is 11.7 Å². The number of hydrogen-bond acceptors (Lipinski definition) is 5. The summed E-state index contributed by atoms with van der Waals surface area (Å²) in [5.74, 6) is -0.333. The van der Waals surface area contributed by atoms with Crippen molar-refractivity contribution in [3.05, 3.63) is 52.0 Å². The maximum absolute atomic E-state index is 12.5. The summed E-state index contributed by atoms with van der Waals surface area (Å²) in [6.45, 7) is 0.355. The van der Waals surface area contributed by atoms with Gasteiger partial charge in [0.05, 0.1) is 11.4 Å². The molecule has 0 saturated heterocycles. The third-order valence-corrected chi connectivity index (χ3v) is 6.60. The number of anilines is 2. The van der Waals surface area contributed by atoms with Crippen molar-refractivity contribution < 1.29 is 13.2 Å². The van der Waals surface area contributed by atoms with Crippen molar-refractivity contribution in [1.29, 1.82) is 0 Å². The number of amides is 1. The molecule has 0 bridgehead atoms. The fourth-order valence-electron chi connectivity index (χ4n) is 2.70. The molecule has 1 N–H and O–H groups in total. The van der Waals surface area contributed by atoms with Crippen LogP contribution in [0.25, 0.3) is 0 Å². The van der Waals surface area contributed by atoms with Gasteiger partial charge < -0.3 is 10.2 Å². The lowest BCUT2D eigenvalue weighted by molar-refractivity contribution is 0.102. The highest BCUT2D eigenvalue weighted by Gasteiger charge is 2.33. The van der Waals surface area contributed by atoms with E-state index < -0.39 is 10.0 Å². The largest absolute Gasteiger partial charge is 0.322 e. The second-order valence-electron chi connectivity index (χ2n) is 5.71. The molecule has 0 spiro atoms. The monoisotopic (exact) mass is 427 g/mol. The minimum atomic E-state index is -3.41. The van der Waals surface area contributed by atoms with Crippen LogP contribution in [0, 0.1) is 0 Å². The Balaban J connectivity index is 1.60. The van der Waals surface area contributed by atoms with Crippen LogP contribution in [0.3, 0.4) is 0 Å². The number of fused-ring (bicyclic) bond motifs is 3. The predicted molar refractivity (Wildman–Crippen MR) is 105 cm³/mol. The van der Waals surface area contributed by atoms with E-state index in [1.54, 1.807) is 36.4 Å². The zero-order valence-corrected chi connectivity index (χ0v) is 16.2. The molecule has 4 rings (SSSR count). The predicted octanol–water partition coefficient (Wildman–Crippen LogP) is 3.86. The lowest BCUT2D eigenvalue weighted by atomic mass is 10.1. The first-order valence-electron chi connectivity index (χ1n) is 7.50. The number of carbonyl (C=O) groups excluding carboxylic acids is 1. The Morgan fingerprint density at radius 3 is 2.62 bits per heavy atom. The Hall–Kier alpha value is -1.74. The summed E-state index contributed by atoms with van der Waals surface area (Å²) in [6.07, 6.45) is 0. The number of benzene rings is 2. The highest BCUT2D eigenvalue weighted by molar-refractivity contribution is 8.15. The van der Waals surface area contributed by atoms with E-state index in [4.69, 9.17) is 23.2 Å². The molecule has 0 fully saturated rings. The second-order valence-corrected chi connectivity index (χ2v) is 9.34. The SMILES string of the molecule is O=C(Nc1cc(Cl)cc(Cl)c1)c1ccc2c(c1)SC1=NS(=O)(=O)CCN12. The Labute approximate surface area is 164 Å². The Kier molecular flexibility index (Phi) is 4.38. The molecule has 26 heavy (non-hydrogen) atoms. The van der Waals surface area contributed by atoms with Crippen LogP contribution in [-0.2, 0) is 10.0 Å². The first-order chi connectivity index (χ1) is 12.3. The van der Waals surface area contributed by atoms with Crippen LogP contribution in [-0.4, -0.2) is 31.8 Å². The molecule has 6 nitrogen and oxygen atoms in total. The average molecular weight is 428 g/mol. The van der Waals surface area contributed by atoms with E-state index in [0.29, 0.717) is 33.0 Å². The molecule has 0 aromatic heterocycles. The van der Waals surface area contributed by atoms with Crippen molar-refractivity contribution in [2.24, 2.45) is 4.40 Å². The van der Waals surface area contributed by atoms with E-state index in [2.05, 4.69) is 9.71 Å². The number of hydrogen-bond donors (Lipinski definition) is 1. The molecular weight excluding hydrogens is 417 g/mol. The van der Waals surface area contributed by atoms with Gasteiger partial charge >= 0.3 is 0 Å². The molecule has 2 aliphatic rings. The van der Waals surface area contributed by atoms with Gasteiger partial charge in [0, 0.05) is 32.7 Å². The molecule has 10 heteroatoms. The maximum Gasteiger partial charge on any atom is 0.257 e. The van der Waals surface area contributed by atoms with Crippen molar-refractivity contribution in [1.82, 2.24) is 0 Å². The molecule has 1 amide bonds. The van der Waals surface area contributed by atoms with Gasteiger partial charge in [-0.05, 0) is 48.2 Å². The minimum absolute atomic E-state index is 0.0196. The zero-order valence-electron chi connectivity index (χ0n) is 13.1. The topological polar surface area (TPSA) is 78.8 Å². The van der Waals surface area contributed by atoms with Crippen LogP contribution in [0.5, 0.6) is 0 Å². The van der Waals surface area contributed by atoms with Crippen molar-refractivity contribution in [2.75, 3.05) is 22.5 Å². The van der Waals surface area contributed by atoms with Crippen LogP contribution >= 0.6 is 35.0 Å². The molecule has 0 radical (unpaired) electrons. The fourth-order valence-corrected chi connectivity index (χ4v) is 5.52. The lowest BCUT2D eigenvalue weighted by Crippen LogP contribution is -2.35. The van der Waals surface area contributed by atoms with Gasteiger partial charge in [-0.25, -0.2) is 8.42 Å². The van der Waals surface area contributed by atoms with Crippen molar-refractivity contribution >= 4 is 67.4 Å². The summed E-state index contributed by atoms with van der Waals surface area (Å²) in [5.41, 5.74) is 1.79. The Bertz CT molecular complexity index is 1050. The highest BCUT2D eigenvalue weighted by Crippen LogP contribution is 2.42.